The first-order valence-corrected chi connectivity index (χ1v) is 8.95. The molecule has 0 bridgehead atoms. The molecule has 0 saturated carbocycles. The van der Waals surface area contributed by atoms with E-state index in [0.717, 1.165) is 38.6 Å². The Bertz CT molecular complexity index is 1050. The van der Waals surface area contributed by atoms with Gasteiger partial charge in [-0.2, -0.15) is 0 Å². The van der Waals surface area contributed by atoms with Crippen LogP contribution in [-0.2, 0) is 0 Å². The number of aromatic nitrogens is 2. The van der Waals surface area contributed by atoms with Gasteiger partial charge in [0.15, 0.2) is 0 Å². The van der Waals surface area contributed by atoms with Crippen molar-refractivity contribution in [3.63, 3.8) is 0 Å². The molecule has 2 aromatic heterocycles. The summed E-state index contributed by atoms with van der Waals surface area (Å²) in [6, 6.07) is 15.9. The Morgan fingerprint density at radius 1 is 0.962 bits per heavy atom. The molecule has 2 heterocycles. The van der Waals surface area contributed by atoms with Crippen molar-refractivity contribution in [1.29, 1.82) is 0 Å². The minimum absolute atomic E-state index is 0.688. The third-order valence-electron chi connectivity index (χ3n) is 4.12. The molecule has 0 amide bonds. The standard InChI is InChI=1S/C20H17N3O2S/c1-24-14-8-9-16(17(10-14)25-2)23-19-18-15(13-6-4-3-5-7-13)11-26-20(18)22-12-21-19/h3-12H,1-2H3,(H,21,22,23). The number of nitrogens with zero attached hydrogens (tertiary/aromatic N) is 2. The summed E-state index contributed by atoms with van der Waals surface area (Å²) in [5.74, 6) is 2.17. The van der Waals surface area contributed by atoms with Crippen molar-refractivity contribution in [3.05, 3.63) is 60.2 Å². The van der Waals surface area contributed by atoms with Crippen LogP contribution in [-0.4, -0.2) is 24.2 Å². The van der Waals surface area contributed by atoms with E-state index < -0.39 is 0 Å². The molecule has 4 rings (SSSR count). The van der Waals surface area contributed by atoms with Crippen molar-refractivity contribution in [2.45, 2.75) is 0 Å². The summed E-state index contributed by atoms with van der Waals surface area (Å²) in [6.07, 6.45) is 1.58. The Kier molecular flexibility index (Phi) is 4.41. The highest BCUT2D eigenvalue weighted by Crippen LogP contribution is 2.39. The van der Waals surface area contributed by atoms with Crippen LogP contribution < -0.4 is 14.8 Å². The average Bonchev–Trinajstić information content (AvgIpc) is 3.14. The van der Waals surface area contributed by atoms with Gasteiger partial charge in [-0.25, -0.2) is 9.97 Å². The summed E-state index contributed by atoms with van der Waals surface area (Å²) >= 11 is 1.61. The molecule has 0 atom stereocenters. The highest BCUT2D eigenvalue weighted by atomic mass is 32.1. The minimum atomic E-state index is 0.688. The predicted molar refractivity (Wildman–Crippen MR) is 106 cm³/mol. The number of hydrogen-bond donors (Lipinski definition) is 1. The topological polar surface area (TPSA) is 56.3 Å². The number of ether oxygens (including phenoxy) is 2. The van der Waals surface area contributed by atoms with Crippen molar-refractivity contribution in [2.24, 2.45) is 0 Å². The fourth-order valence-corrected chi connectivity index (χ4v) is 3.75. The third kappa shape index (κ3) is 2.95. The van der Waals surface area contributed by atoms with E-state index in [-0.39, 0.29) is 0 Å². The molecule has 1 N–H and O–H groups in total. The number of rotatable bonds is 5. The van der Waals surface area contributed by atoms with Gasteiger partial charge in [0.1, 0.15) is 28.5 Å². The van der Waals surface area contributed by atoms with Crippen molar-refractivity contribution >= 4 is 33.1 Å². The van der Waals surface area contributed by atoms with Gasteiger partial charge in [0.2, 0.25) is 0 Å². The van der Waals surface area contributed by atoms with Gasteiger partial charge in [-0.15, -0.1) is 11.3 Å². The molecule has 0 aliphatic carbocycles. The first-order chi connectivity index (χ1) is 12.8. The summed E-state index contributed by atoms with van der Waals surface area (Å²) in [4.78, 5) is 9.83. The summed E-state index contributed by atoms with van der Waals surface area (Å²) in [5, 5.41) is 6.51. The van der Waals surface area contributed by atoms with Crippen LogP contribution >= 0.6 is 11.3 Å². The van der Waals surface area contributed by atoms with Crippen LogP contribution in [0, 0.1) is 0 Å². The second kappa shape index (κ2) is 7.01. The zero-order chi connectivity index (χ0) is 17.9. The molecule has 130 valence electrons. The molecule has 0 spiro atoms. The average molecular weight is 363 g/mol. The van der Waals surface area contributed by atoms with E-state index in [1.807, 2.05) is 36.4 Å². The van der Waals surface area contributed by atoms with Crippen LogP contribution in [0.2, 0.25) is 0 Å². The summed E-state index contributed by atoms with van der Waals surface area (Å²) in [7, 11) is 3.27. The van der Waals surface area contributed by atoms with Gasteiger partial charge >= 0.3 is 0 Å². The van der Waals surface area contributed by atoms with Crippen molar-refractivity contribution in [2.75, 3.05) is 19.5 Å². The van der Waals surface area contributed by atoms with Crippen LogP contribution in [0.4, 0.5) is 11.5 Å². The molecule has 0 unspecified atom stereocenters. The lowest BCUT2D eigenvalue weighted by atomic mass is 10.1. The van der Waals surface area contributed by atoms with E-state index in [0.29, 0.717) is 5.75 Å². The van der Waals surface area contributed by atoms with Gasteiger partial charge in [-0.3, -0.25) is 0 Å². The quantitative estimate of drug-likeness (QED) is 0.533. The lowest BCUT2D eigenvalue weighted by Crippen LogP contribution is -1.98. The number of nitrogens with one attached hydrogen (secondary N) is 1. The van der Waals surface area contributed by atoms with Crippen LogP contribution in [0.15, 0.2) is 60.2 Å². The van der Waals surface area contributed by atoms with Crippen LogP contribution in [0.1, 0.15) is 0 Å². The molecule has 6 heteroatoms. The van der Waals surface area contributed by atoms with Crippen molar-refractivity contribution < 1.29 is 9.47 Å². The van der Waals surface area contributed by atoms with E-state index in [1.165, 1.54) is 0 Å². The van der Waals surface area contributed by atoms with Crippen molar-refractivity contribution in [3.8, 4) is 22.6 Å². The Morgan fingerprint density at radius 3 is 2.58 bits per heavy atom. The molecule has 0 radical (unpaired) electrons. The number of fused-ring (bicyclic) bond motifs is 1. The largest absolute Gasteiger partial charge is 0.497 e. The van der Waals surface area contributed by atoms with E-state index in [9.17, 15) is 0 Å². The summed E-state index contributed by atoms with van der Waals surface area (Å²) in [6.45, 7) is 0. The lowest BCUT2D eigenvalue weighted by molar-refractivity contribution is 0.395. The molecule has 26 heavy (non-hydrogen) atoms. The van der Waals surface area contributed by atoms with E-state index in [2.05, 4.69) is 32.8 Å². The number of thiophene rings is 1. The normalized spacial score (nSPS) is 10.7. The predicted octanol–water partition coefficient (Wildman–Crippen LogP) is 5.12. The Balaban J connectivity index is 1.82. The molecule has 5 nitrogen and oxygen atoms in total. The maximum Gasteiger partial charge on any atom is 0.146 e. The maximum absolute atomic E-state index is 5.49. The zero-order valence-corrected chi connectivity index (χ0v) is 15.2. The van der Waals surface area contributed by atoms with Gasteiger partial charge in [-0.05, 0) is 17.7 Å². The summed E-state index contributed by atoms with van der Waals surface area (Å²) < 4.78 is 10.8. The van der Waals surface area contributed by atoms with Crippen LogP contribution in [0.25, 0.3) is 21.3 Å². The molecule has 0 saturated heterocycles. The first kappa shape index (κ1) is 16.4. The zero-order valence-electron chi connectivity index (χ0n) is 14.4. The fourth-order valence-electron chi connectivity index (χ4n) is 2.83. The Labute approximate surface area is 155 Å². The Morgan fingerprint density at radius 2 is 1.81 bits per heavy atom. The molecular weight excluding hydrogens is 346 g/mol. The van der Waals surface area contributed by atoms with E-state index >= 15 is 0 Å². The smallest absolute Gasteiger partial charge is 0.146 e. The lowest BCUT2D eigenvalue weighted by Gasteiger charge is -2.13. The highest BCUT2D eigenvalue weighted by molar-refractivity contribution is 7.17. The molecule has 0 fully saturated rings. The highest BCUT2D eigenvalue weighted by Gasteiger charge is 2.14. The van der Waals surface area contributed by atoms with Crippen LogP contribution in [0.3, 0.4) is 0 Å². The minimum Gasteiger partial charge on any atom is -0.497 e. The number of methoxy groups -OCH3 is 2. The van der Waals surface area contributed by atoms with Gasteiger partial charge in [0, 0.05) is 17.0 Å². The molecule has 0 aliphatic rings. The van der Waals surface area contributed by atoms with Gasteiger partial charge in [-0.1, -0.05) is 30.3 Å². The second-order valence-corrected chi connectivity index (χ2v) is 6.47. The first-order valence-electron chi connectivity index (χ1n) is 8.07. The fraction of sp³-hybridized carbons (Fsp3) is 0.100. The van der Waals surface area contributed by atoms with Gasteiger partial charge in [0.25, 0.3) is 0 Å². The molecule has 0 aliphatic heterocycles. The SMILES string of the molecule is COc1ccc(Nc2ncnc3scc(-c4ccccc4)c23)c(OC)c1. The molecule has 2 aromatic carbocycles. The number of anilines is 2. The van der Waals surface area contributed by atoms with E-state index in [4.69, 9.17) is 9.47 Å². The maximum atomic E-state index is 5.49. The monoisotopic (exact) mass is 363 g/mol. The summed E-state index contributed by atoms with van der Waals surface area (Å²) in [5.41, 5.74) is 3.07. The molecular formula is C20H17N3O2S. The number of hydrogen-bond acceptors (Lipinski definition) is 6. The van der Waals surface area contributed by atoms with Crippen LogP contribution in [0.5, 0.6) is 11.5 Å². The Hall–Kier alpha value is -3.12. The van der Waals surface area contributed by atoms with Crippen molar-refractivity contribution in [1.82, 2.24) is 9.97 Å². The van der Waals surface area contributed by atoms with Gasteiger partial charge in [0.05, 0.1) is 25.3 Å². The van der Waals surface area contributed by atoms with E-state index in [1.54, 1.807) is 31.9 Å². The molecule has 4 aromatic rings. The third-order valence-corrected chi connectivity index (χ3v) is 5.00. The second-order valence-electron chi connectivity index (χ2n) is 5.61. The van der Waals surface area contributed by atoms with Gasteiger partial charge < -0.3 is 14.8 Å². The number of benzene rings is 2.